The molecule has 1 aromatic heterocycles. The molecular formula is C16H8F4N2O2. The zero-order chi connectivity index (χ0) is 17.3. The van der Waals surface area contributed by atoms with Crippen LogP contribution in [0, 0.1) is 5.82 Å². The number of rotatable bonds is 3. The van der Waals surface area contributed by atoms with Crippen molar-refractivity contribution in [3.05, 3.63) is 71.4 Å². The monoisotopic (exact) mass is 336 g/mol. The molecule has 0 N–H and O–H groups in total. The number of benzene rings is 2. The Bertz CT molecular complexity index is 868. The maximum absolute atomic E-state index is 12.9. The Morgan fingerprint density at radius 2 is 1.46 bits per heavy atom. The molecule has 1 heterocycles. The minimum absolute atomic E-state index is 0.233. The zero-order valence-corrected chi connectivity index (χ0v) is 11.8. The highest BCUT2D eigenvalue weighted by atomic mass is 19.4. The number of ketones is 1. The van der Waals surface area contributed by atoms with E-state index in [-0.39, 0.29) is 17.2 Å². The number of hydrogen-bond donors (Lipinski definition) is 0. The van der Waals surface area contributed by atoms with E-state index < -0.39 is 17.9 Å². The molecule has 0 aliphatic carbocycles. The average molecular weight is 336 g/mol. The lowest BCUT2D eigenvalue weighted by Crippen LogP contribution is -2.04. The first-order chi connectivity index (χ1) is 11.3. The number of aromatic nitrogens is 2. The van der Waals surface area contributed by atoms with Gasteiger partial charge in [0.15, 0.2) is 5.78 Å². The molecule has 0 radical (unpaired) electrons. The normalized spacial score (nSPS) is 11.5. The van der Waals surface area contributed by atoms with Gasteiger partial charge in [0, 0.05) is 16.7 Å². The number of carbonyl (C=O) groups is 1. The minimum atomic E-state index is -4.72. The van der Waals surface area contributed by atoms with Gasteiger partial charge in [-0.15, -0.1) is 0 Å². The fraction of sp³-hybridized carbons (Fsp3) is 0.0625. The predicted octanol–water partition coefficient (Wildman–Crippen LogP) is 4.13. The summed E-state index contributed by atoms with van der Waals surface area (Å²) in [5.41, 5.74) is 0.859. The Balaban J connectivity index is 1.84. The van der Waals surface area contributed by atoms with Crippen LogP contribution in [0.15, 0.2) is 53.1 Å². The smallest absolute Gasteiger partial charge is 0.329 e. The van der Waals surface area contributed by atoms with Crippen LogP contribution in [-0.2, 0) is 6.18 Å². The molecule has 0 spiro atoms. The van der Waals surface area contributed by atoms with Crippen molar-refractivity contribution in [3.63, 3.8) is 0 Å². The second kappa shape index (κ2) is 5.88. The Labute approximate surface area is 132 Å². The van der Waals surface area contributed by atoms with Crippen LogP contribution >= 0.6 is 0 Å². The van der Waals surface area contributed by atoms with E-state index in [0.717, 1.165) is 0 Å². The van der Waals surface area contributed by atoms with Crippen molar-refractivity contribution in [2.75, 3.05) is 0 Å². The van der Waals surface area contributed by atoms with Crippen molar-refractivity contribution in [1.29, 1.82) is 0 Å². The third kappa shape index (κ3) is 3.17. The van der Waals surface area contributed by atoms with E-state index in [0.29, 0.717) is 11.1 Å². The van der Waals surface area contributed by atoms with Crippen molar-refractivity contribution in [1.82, 2.24) is 10.1 Å². The SMILES string of the molecule is O=C(c1ccc(F)cc1)c1ccc(-c2noc(C(F)(F)F)n2)cc1. The molecule has 24 heavy (non-hydrogen) atoms. The Hall–Kier alpha value is -3.03. The van der Waals surface area contributed by atoms with Crippen LogP contribution in [0.5, 0.6) is 0 Å². The lowest BCUT2D eigenvalue weighted by molar-refractivity contribution is -0.159. The van der Waals surface area contributed by atoms with Crippen molar-refractivity contribution in [2.45, 2.75) is 6.18 Å². The van der Waals surface area contributed by atoms with Gasteiger partial charge in [-0.05, 0) is 24.3 Å². The average Bonchev–Trinajstić information content (AvgIpc) is 3.05. The topological polar surface area (TPSA) is 56.0 Å². The van der Waals surface area contributed by atoms with E-state index in [4.69, 9.17) is 0 Å². The Kier molecular flexibility index (Phi) is 3.88. The van der Waals surface area contributed by atoms with Crippen LogP contribution in [-0.4, -0.2) is 15.9 Å². The standard InChI is InChI=1S/C16H8F4N2O2/c17-12-7-5-10(6-8-12)13(23)9-1-3-11(4-2-9)14-21-15(24-22-14)16(18,19)20/h1-8H. The molecule has 0 unspecified atom stereocenters. The molecule has 0 amide bonds. The van der Waals surface area contributed by atoms with E-state index in [1.54, 1.807) is 0 Å². The van der Waals surface area contributed by atoms with Crippen LogP contribution in [0.25, 0.3) is 11.4 Å². The summed E-state index contributed by atoms with van der Waals surface area (Å²) in [5.74, 6) is -2.47. The summed E-state index contributed by atoms with van der Waals surface area (Å²) in [5, 5.41) is 3.26. The highest BCUT2D eigenvalue weighted by molar-refractivity contribution is 6.09. The quantitative estimate of drug-likeness (QED) is 0.533. The van der Waals surface area contributed by atoms with Gasteiger partial charge in [0.2, 0.25) is 5.82 Å². The summed E-state index contributed by atoms with van der Waals surface area (Å²) in [6, 6.07) is 10.7. The van der Waals surface area contributed by atoms with Crippen molar-refractivity contribution >= 4 is 5.78 Å². The third-order valence-electron chi connectivity index (χ3n) is 3.18. The van der Waals surface area contributed by atoms with Gasteiger partial charge in [-0.3, -0.25) is 4.79 Å². The van der Waals surface area contributed by atoms with Gasteiger partial charge in [-0.2, -0.15) is 18.2 Å². The number of halogens is 4. The first kappa shape index (κ1) is 15.9. The Morgan fingerprint density at radius 1 is 0.917 bits per heavy atom. The van der Waals surface area contributed by atoms with E-state index in [1.165, 1.54) is 48.5 Å². The predicted molar refractivity (Wildman–Crippen MR) is 74.6 cm³/mol. The second-order valence-electron chi connectivity index (χ2n) is 4.83. The van der Waals surface area contributed by atoms with Gasteiger partial charge >= 0.3 is 12.1 Å². The van der Waals surface area contributed by atoms with Crippen LogP contribution in [0.4, 0.5) is 17.6 Å². The first-order valence-electron chi connectivity index (χ1n) is 6.66. The molecule has 0 bridgehead atoms. The summed E-state index contributed by atoms with van der Waals surface area (Å²) in [6.45, 7) is 0. The fourth-order valence-electron chi connectivity index (χ4n) is 1.99. The summed E-state index contributed by atoms with van der Waals surface area (Å²) in [7, 11) is 0. The van der Waals surface area contributed by atoms with Gasteiger partial charge in [0.25, 0.3) is 0 Å². The summed E-state index contributed by atoms with van der Waals surface area (Å²) >= 11 is 0. The number of nitrogens with zero attached hydrogens (tertiary/aromatic N) is 2. The van der Waals surface area contributed by atoms with E-state index >= 15 is 0 Å². The summed E-state index contributed by atoms with van der Waals surface area (Å²) < 4.78 is 54.3. The van der Waals surface area contributed by atoms with Crippen LogP contribution in [0.2, 0.25) is 0 Å². The van der Waals surface area contributed by atoms with E-state index in [9.17, 15) is 22.4 Å². The fourth-order valence-corrected chi connectivity index (χ4v) is 1.99. The number of alkyl halides is 3. The van der Waals surface area contributed by atoms with Crippen LogP contribution < -0.4 is 0 Å². The molecule has 8 heteroatoms. The van der Waals surface area contributed by atoms with Crippen molar-refractivity contribution in [2.24, 2.45) is 0 Å². The highest BCUT2D eigenvalue weighted by Crippen LogP contribution is 2.29. The van der Waals surface area contributed by atoms with E-state index in [1.807, 2.05) is 0 Å². The molecule has 0 saturated heterocycles. The first-order valence-corrected chi connectivity index (χ1v) is 6.66. The molecule has 3 rings (SSSR count). The van der Waals surface area contributed by atoms with Gasteiger partial charge in [0.05, 0.1) is 0 Å². The number of hydrogen-bond acceptors (Lipinski definition) is 4. The minimum Gasteiger partial charge on any atom is -0.329 e. The third-order valence-corrected chi connectivity index (χ3v) is 3.18. The molecule has 0 atom stereocenters. The molecule has 0 fully saturated rings. The van der Waals surface area contributed by atoms with Gasteiger partial charge in [-0.1, -0.05) is 29.4 Å². The molecule has 122 valence electrons. The molecule has 2 aromatic carbocycles. The van der Waals surface area contributed by atoms with Gasteiger partial charge in [-0.25, -0.2) is 4.39 Å². The van der Waals surface area contributed by atoms with Crippen molar-refractivity contribution in [3.8, 4) is 11.4 Å². The van der Waals surface area contributed by atoms with E-state index in [2.05, 4.69) is 14.7 Å². The van der Waals surface area contributed by atoms with Gasteiger partial charge in [0.1, 0.15) is 5.82 Å². The Morgan fingerprint density at radius 3 is 1.96 bits per heavy atom. The second-order valence-corrected chi connectivity index (χ2v) is 4.83. The summed E-state index contributed by atoms with van der Waals surface area (Å²) in [4.78, 5) is 15.5. The molecule has 0 saturated carbocycles. The zero-order valence-electron chi connectivity index (χ0n) is 11.8. The largest absolute Gasteiger partial charge is 0.471 e. The lowest BCUT2D eigenvalue weighted by Gasteiger charge is -2.02. The lowest BCUT2D eigenvalue weighted by atomic mass is 10.0. The van der Waals surface area contributed by atoms with Gasteiger partial charge < -0.3 is 4.52 Å². The highest BCUT2D eigenvalue weighted by Gasteiger charge is 2.38. The summed E-state index contributed by atoms with van der Waals surface area (Å²) in [6.07, 6.45) is -4.72. The molecule has 0 aliphatic rings. The number of carbonyl (C=O) groups excluding carboxylic acids is 1. The maximum atomic E-state index is 12.9. The molecule has 0 aliphatic heterocycles. The van der Waals surface area contributed by atoms with Crippen molar-refractivity contribution < 1.29 is 26.9 Å². The molecular weight excluding hydrogens is 328 g/mol. The van der Waals surface area contributed by atoms with Crippen LogP contribution in [0.1, 0.15) is 21.8 Å². The van der Waals surface area contributed by atoms with Crippen LogP contribution in [0.3, 0.4) is 0 Å². The molecule has 4 nitrogen and oxygen atoms in total. The molecule has 3 aromatic rings. The maximum Gasteiger partial charge on any atom is 0.471 e.